The van der Waals surface area contributed by atoms with Crippen LogP contribution in [0.4, 0.5) is 34.9 Å². The van der Waals surface area contributed by atoms with Crippen LogP contribution in [0.3, 0.4) is 0 Å². The summed E-state index contributed by atoms with van der Waals surface area (Å²) < 4.78 is 54.4. The molecule has 3 amide bonds. The van der Waals surface area contributed by atoms with Crippen molar-refractivity contribution in [1.82, 2.24) is 9.97 Å². The zero-order valence-electron chi connectivity index (χ0n) is 22.4. The van der Waals surface area contributed by atoms with Gasteiger partial charge in [0.1, 0.15) is 29.2 Å². The van der Waals surface area contributed by atoms with Crippen LogP contribution in [0.15, 0.2) is 67.3 Å². The molecule has 0 unspecified atom stereocenters. The van der Waals surface area contributed by atoms with Crippen LogP contribution in [0.5, 0.6) is 0 Å². The summed E-state index contributed by atoms with van der Waals surface area (Å²) in [6, 6.07) is 10.2. The molecule has 0 saturated carbocycles. The van der Waals surface area contributed by atoms with E-state index in [0.717, 1.165) is 35.2 Å². The highest BCUT2D eigenvalue weighted by Crippen LogP contribution is 2.34. The average Bonchev–Trinajstić information content (AvgIpc) is 2.95. The quantitative estimate of drug-likeness (QED) is 0.251. The third-order valence-electron chi connectivity index (χ3n) is 6.29. The SMILES string of the molecule is C=CC(=O)Nc1cccc(C#CCN(C(=O)[C@@H]2CCCC(=O)N2c2cc(C(F)(F)F)cc(C)n2)c2ccc(F)cc2)n1. The number of piperidine rings is 1. The second-order valence-corrected chi connectivity index (χ2v) is 9.33. The van der Waals surface area contributed by atoms with E-state index in [1.165, 1.54) is 24.0 Å². The Morgan fingerprint density at radius 1 is 1.17 bits per heavy atom. The van der Waals surface area contributed by atoms with Crippen LogP contribution >= 0.6 is 0 Å². The van der Waals surface area contributed by atoms with Crippen LogP contribution in [0.25, 0.3) is 0 Å². The van der Waals surface area contributed by atoms with Gasteiger partial charge in [0.25, 0.3) is 5.91 Å². The monoisotopic (exact) mass is 579 g/mol. The predicted molar refractivity (Wildman–Crippen MR) is 148 cm³/mol. The molecule has 12 heteroatoms. The molecule has 42 heavy (non-hydrogen) atoms. The number of carbonyl (C=O) groups is 3. The molecule has 1 aliphatic rings. The maximum atomic E-state index is 14.0. The number of hydrogen-bond acceptors (Lipinski definition) is 5. The van der Waals surface area contributed by atoms with Gasteiger partial charge in [-0.15, -0.1) is 0 Å². The highest BCUT2D eigenvalue weighted by molar-refractivity contribution is 6.06. The second-order valence-electron chi connectivity index (χ2n) is 9.33. The van der Waals surface area contributed by atoms with Crippen molar-refractivity contribution in [2.45, 2.75) is 38.4 Å². The maximum Gasteiger partial charge on any atom is 0.416 e. The molecule has 216 valence electrons. The number of alkyl halides is 3. The number of rotatable bonds is 6. The maximum absolute atomic E-state index is 14.0. The van der Waals surface area contributed by atoms with Crippen LogP contribution in [0, 0.1) is 24.6 Å². The fraction of sp³-hybridized carbons (Fsp3) is 0.233. The Balaban J connectivity index is 1.68. The first-order chi connectivity index (χ1) is 20.0. The van der Waals surface area contributed by atoms with Crippen molar-refractivity contribution in [3.63, 3.8) is 0 Å². The minimum absolute atomic E-state index is 0.0293. The molecule has 3 heterocycles. The van der Waals surface area contributed by atoms with Gasteiger partial charge in [-0.05, 0) is 80.3 Å². The minimum Gasteiger partial charge on any atom is -0.307 e. The highest BCUT2D eigenvalue weighted by Gasteiger charge is 2.39. The first kappa shape index (κ1) is 29.9. The van der Waals surface area contributed by atoms with E-state index in [-0.39, 0.29) is 48.1 Å². The van der Waals surface area contributed by atoms with Crippen LogP contribution < -0.4 is 15.1 Å². The lowest BCUT2D eigenvalue weighted by molar-refractivity contribution is -0.137. The molecule has 1 aromatic carbocycles. The number of pyridine rings is 2. The van der Waals surface area contributed by atoms with Crippen molar-refractivity contribution >= 4 is 35.0 Å². The normalized spacial score (nSPS) is 14.9. The smallest absolute Gasteiger partial charge is 0.307 e. The molecule has 8 nitrogen and oxygen atoms in total. The predicted octanol–water partition coefficient (Wildman–Crippen LogP) is 5.04. The molecule has 0 aliphatic carbocycles. The van der Waals surface area contributed by atoms with Gasteiger partial charge in [-0.3, -0.25) is 24.2 Å². The van der Waals surface area contributed by atoms with Gasteiger partial charge in [-0.2, -0.15) is 13.2 Å². The lowest BCUT2D eigenvalue weighted by atomic mass is 9.99. The van der Waals surface area contributed by atoms with Gasteiger partial charge >= 0.3 is 6.18 Å². The number of aromatic nitrogens is 2. The summed E-state index contributed by atoms with van der Waals surface area (Å²) in [6.07, 6.45) is -3.07. The number of anilines is 3. The fourth-order valence-corrected chi connectivity index (χ4v) is 4.39. The Bertz CT molecular complexity index is 1580. The zero-order chi connectivity index (χ0) is 30.4. The van der Waals surface area contributed by atoms with Crippen molar-refractivity contribution in [2.24, 2.45) is 0 Å². The average molecular weight is 580 g/mol. The van der Waals surface area contributed by atoms with Gasteiger partial charge in [-0.1, -0.05) is 18.6 Å². The van der Waals surface area contributed by atoms with Crippen molar-refractivity contribution in [2.75, 3.05) is 21.7 Å². The molecule has 0 spiro atoms. The van der Waals surface area contributed by atoms with E-state index in [2.05, 4.69) is 33.7 Å². The van der Waals surface area contributed by atoms with Gasteiger partial charge < -0.3 is 5.32 Å². The van der Waals surface area contributed by atoms with Crippen LogP contribution in [-0.4, -0.2) is 40.3 Å². The number of hydrogen-bond donors (Lipinski definition) is 1. The molecule has 2 aromatic heterocycles. The molecule has 1 atom stereocenters. The summed E-state index contributed by atoms with van der Waals surface area (Å²) in [7, 11) is 0. The largest absolute Gasteiger partial charge is 0.416 e. The van der Waals surface area contributed by atoms with Gasteiger partial charge in [0.05, 0.1) is 12.1 Å². The number of nitrogens with zero attached hydrogens (tertiary/aromatic N) is 4. The van der Waals surface area contributed by atoms with Crippen molar-refractivity contribution in [3.8, 4) is 11.8 Å². The number of aryl methyl sites for hydroxylation is 1. The van der Waals surface area contributed by atoms with Crippen LogP contribution in [0.2, 0.25) is 0 Å². The van der Waals surface area contributed by atoms with E-state index < -0.39 is 41.3 Å². The van der Waals surface area contributed by atoms with E-state index in [9.17, 15) is 31.9 Å². The van der Waals surface area contributed by atoms with E-state index >= 15 is 0 Å². The van der Waals surface area contributed by atoms with Crippen LogP contribution in [0.1, 0.15) is 36.2 Å². The highest BCUT2D eigenvalue weighted by atomic mass is 19.4. The zero-order valence-corrected chi connectivity index (χ0v) is 22.4. The topological polar surface area (TPSA) is 95.5 Å². The Labute approximate surface area is 239 Å². The molecule has 1 N–H and O–H groups in total. The minimum atomic E-state index is -4.68. The molecule has 3 aromatic rings. The van der Waals surface area contributed by atoms with Gasteiger partial charge in [0.2, 0.25) is 11.8 Å². The first-order valence-electron chi connectivity index (χ1n) is 12.8. The number of nitrogens with one attached hydrogen (secondary N) is 1. The summed E-state index contributed by atoms with van der Waals surface area (Å²) >= 11 is 0. The van der Waals surface area contributed by atoms with Crippen molar-refractivity contribution in [1.29, 1.82) is 0 Å². The molecule has 4 rings (SSSR count). The summed E-state index contributed by atoms with van der Waals surface area (Å²) in [5.41, 5.74) is -0.414. The van der Waals surface area contributed by atoms with Crippen LogP contribution in [-0.2, 0) is 20.6 Å². The number of halogens is 4. The van der Waals surface area contributed by atoms with Gasteiger partial charge in [0, 0.05) is 17.8 Å². The molecule has 1 fully saturated rings. The van der Waals surface area contributed by atoms with E-state index in [4.69, 9.17) is 0 Å². The molecule has 1 saturated heterocycles. The number of amides is 3. The molecule has 1 aliphatic heterocycles. The Morgan fingerprint density at radius 2 is 1.90 bits per heavy atom. The van der Waals surface area contributed by atoms with E-state index in [0.29, 0.717) is 6.42 Å². The third-order valence-corrected chi connectivity index (χ3v) is 6.29. The second kappa shape index (κ2) is 12.6. The third kappa shape index (κ3) is 7.17. The van der Waals surface area contributed by atoms with Gasteiger partial charge in [0.15, 0.2) is 0 Å². The molecular weight excluding hydrogens is 554 g/mol. The summed E-state index contributed by atoms with van der Waals surface area (Å²) in [5.74, 6) is 3.42. The lowest BCUT2D eigenvalue weighted by Gasteiger charge is -2.37. The molecule has 0 radical (unpaired) electrons. The Kier molecular flexibility index (Phi) is 9.00. The summed E-state index contributed by atoms with van der Waals surface area (Å²) in [4.78, 5) is 49.2. The fourth-order valence-electron chi connectivity index (χ4n) is 4.39. The first-order valence-corrected chi connectivity index (χ1v) is 12.8. The lowest BCUT2D eigenvalue weighted by Crippen LogP contribution is -2.54. The standard InChI is InChI=1S/C30H25F4N5O3/c1-3-27(40)37-25-10-4-7-22(36-25)8-6-16-38(23-14-12-21(31)13-15-23)29(42)24-9-5-11-28(41)39(24)26-18-20(30(32,33)34)17-19(2)35-26/h3-4,7,10,12-15,17-18,24H,1,5,9,11,16H2,2H3,(H,36,37,40)/t24-/m0/s1. The van der Waals surface area contributed by atoms with Gasteiger partial charge in [-0.25, -0.2) is 14.4 Å². The Hall–Kier alpha value is -5.05. The molecular formula is C30H25F4N5O3. The van der Waals surface area contributed by atoms with E-state index in [1.54, 1.807) is 18.2 Å². The van der Waals surface area contributed by atoms with E-state index in [1.807, 2.05) is 0 Å². The summed E-state index contributed by atoms with van der Waals surface area (Å²) in [6.45, 7) is 4.53. The molecule has 0 bridgehead atoms. The van der Waals surface area contributed by atoms with Crippen molar-refractivity contribution in [3.05, 3.63) is 90.0 Å². The van der Waals surface area contributed by atoms with Crippen molar-refractivity contribution < 1.29 is 31.9 Å². The number of carbonyl (C=O) groups excluding carboxylic acids is 3. The summed E-state index contributed by atoms with van der Waals surface area (Å²) in [5, 5.41) is 2.52. The number of benzene rings is 1. The Morgan fingerprint density at radius 3 is 2.60 bits per heavy atom.